The summed E-state index contributed by atoms with van der Waals surface area (Å²) in [6, 6.07) is 0.332. The van der Waals surface area contributed by atoms with Crippen LogP contribution in [0.3, 0.4) is 0 Å². The maximum Gasteiger partial charge on any atom is 0.305 e. The first kappa shape index (κ1) is 30.1. The molecule has 0 spiro atoms. The molecule has 2 heterocycles. The van der Waals surface area contributed by atoms with Gasteiger partial charge in [0.05, 0.1) is 18.6 Å². The number of carbonyl (C=O) groups excluding carboxylic acids is 1. The lowest BCUT2D eigenvalue weighted by Gasteiger charge is -2.43. The van der Waals surface area contributed by atoms with E-state index in [1.54, 1.807) is 0 Å². The number of guanidine groups is 1. The molecule has 5 N–H and O–H groups in total. The van der Waals surface area contributed by atoms with Gasteiger partial charge in [-0.1, -0.05) is 12.8 Å². The van der Waals surface area contributed by atoms with Gasteiger partial charge in [-0.05, 0) is 69.7 Å². The molecule has 4 rings (SSSR count). The fourth-order valence-electron chi connectivity index (χ4n) is 6.55. The lowest BCUT2D eigenvalue weighted by molar-refractivity contribution is -0.139. The van der Waals surface area contributed by atoms with Crippen molar-refractivity contribution in [2.75, 3.05) is 26.2 Å². The van der Waals surface area contributed by atoms with Crippen LogP contribution >= 0.6 is 24.8 Å². The van der Waals surface area contributed by atoms with Crippen LogP contribution in [0.2, 0.25) is 0 Å². The van der Waals surface area contributed by atoms with Crippen molar-refractivity contribution in [2.24, 2.45) is 28.3 Å². The number of fused-ring (bicyclic) bond motifs is 2. The number of ether oxygens (including phenoxy) is 1. The molecule has 2 saturated heterocycles. The van der Waals surface area contributed by atoms with Crippen molar-refractivity contribution in [3.05, 3.63) is 0 Å². The average Bonchev–Trinajstić information content (AvgIpc) is 3.43. The van der Waals surface area contributed by atoms with E-state index in [0.29, 0.717) is 19.1 Å². The Morgan fingerprint density at radius 3 is 2.40 bits per heavy atom. The Morgan fingerprint density at radius 1 is 1.03 bits per heavy atom. The highest BCUT2D eigenvalue weighted by atomic mass is 35.5. The molecular weight excluding hydrogens is 493 g/mol. The minimum atomic E-state index is -1.17. The highest BCUT2D eigenvalue weighted by Gasteiger charge is 2.44. The predicted octanol–water partition coefficient (Wildman–Crippen LogP) is 2.39. The molecule has 2 saturated carbocycles. The third-order valence-electron chi connectivity index (χ3n) is 8.31. The van der Waals surface area contributed by atoms with E-state index in [4.69, 9.17) is 21.3 Å². The van der Waals surface area contributed by atoms with E-state index in [0.717, 1.165) is 43.7 Å². The zero-order chi connectivity index (χ0) is 23.4. The molecular formula is C24H43Cl2N5O4. The van der Waals surface area contributed by atoms with Gasteiger partial charge in [0.2, 0.25) is 0 Å². The van der Waals surface area contributed by atoms with Crippen LogP contribution in [0.15, 0.2) is 4.99 Å². The van der Waals surface area contributed by atoms with Gasteiger partial charge < -0.3 is 26.2 Å². The Morgan fingerprint density at radius 2 is 1.77 bits per heavy atom. The fraction of sp³-hybridized carbons (Fsp3) is 0.875. The van der Waals surface area contributed by atoms with Crippen LogP contribution in [-0.2, 0) is 14.3 Å². The predicted molar refractivity (Wildman–Crippen MR) is 140 cm³/mol. The number of carboxylic acids is 1. The zero-order valence-electron chi connectivity index (χ0n) is 20.6. The molecule has 2 aliphatic carbocycles. The first-order chi connectivity index (χ1) is 15.9. The molecule has 0 aromatic rings. The van der Waals surface area contributed by atoms with Crippen LogP contribution in [0.5, 0.6) is 0 Å². The smallest absolute Gasteiger partial charge is 0.305 e. The standard InChI is InChI=1S/C24H41N5O4.2ClH/c25-20(15-22(30)31)23(32)27-24(26)28-10-6-19(7-11-28)33-12-8-18-3-1-2-9-29(18)21-14-16-4-5-17(21)13-16;;/h16-21H,1-15,25H2,(H,30,31)(H2,26,27,32);2*1H/t16?,17?,18-,20?,21-;;/m0../s1. The fourth-order valence-corrected chi connectivity index (χ4v) is 6.55. The molecule has 2 aliphatic heterocycles. The lowest BCUT2D eigenvalue weighted by Crippen LogP contribution is -2.49. The Kier molecular flexibility index (Phi) is 12.0. The third kappa shape index (κ3) is 7.92. The Balaban J connectivity index is 0.00000216. The van der Waals surface area contributed by atoms with Crippen LogP contribution in [0.25, 0.3) is 0 Å². The zero-order valence-corrected chi connectivity index (χ0v) is 22.2. The monoisotopic (exact) mass is 535 g/mol. The number of hydrogen-bond donors (Lipinski definition) is 3. The molecule has 3 unspecified atom stereocenters. The van der Waals surface area contributed by atoms with E-state index in [-0.39, 0.29) is 36.9 Å². The van der Waals surface area contributed by atoms with Gasteiger partial charge in [0.15, 0.2) is 5.96 Å². The van der Waals surface area contributed by atoms with E-state index in [2.05, 4.69) is 9.89 Å². The van der Waals surface area contributed by atoms with Gasteiger partial charge in [0, 0.05) is 31.8 Å². The topological polar surface area (TPSA) is 134 Å². The molecule has 4 fully saturated rings. The second kappa shape index (κ2) is 14.0. The molecule has 9 nitrogen and oxygen atoms in total. The summed E-state index contributed by atoms with van der Waals surface area (Å²) in [6.07, 6.45) is 12.3. The summed E-state index contributed by atoms with van der Waals surface area (Å²) in [7, 11) is 0. The molecule has 0 aromatic heterocycles. The minimum absolute atomic E-state index is 0. The number of rotatable bonds is 8. The van der Waals surface area contributed by atoms with Crippen molar-refractivity contribution in [2.45, 2.75) is 94.9 Å². The van der Waals surface area contributed by atoms with Crippen molar-refractivity contribution in [3.63, 3.8) is 0 Å². The molecule has 202 valence electrons. The number of hydrogen-bond acceptors (Lipinski definition) is 5. The molecule has 4 aliphatic rings. The second-order valence-corrected chi connectivity index (χ2v) is 10.5. The van der Waals surface area contributed by atoms with Crippen molar-refractivity contribution in [1.82, 2.24) is 9.80 Å². The Bertz CT molecular complexity index is 735. The SMILES string of the molecule is Cl.Cl.NC(=NC(=O)C(N)CC(=O)O)N1CCC(OCC[C@@H]2CCCCN2[C@H]2CC3CCC2C3)CC1. The quantitative estimate of drug-likeness (QED) is 0.318. The van der Waals surface area contributed by atoms with Gasteiger partial charge in [-0.15, -0.1) is 24.8 Å². The third-order valence-corrected chi connectivity index (χ3v) is 8.31. The maximum atomic E-state index is 11.9. The number of halogens is 2. The molecule has 0 aromatic carbocycles. The number of carboxylic acid groups (broad SMARTS) is 1. The van der Waals surface area contributed by atoms with Crippen molar-refractivity contribution < 1.29 is 19.4 Å². The van der Waals surface area contributed by atoms with Gasteiger partial charge in [-0.25, -0.2) is 0 Å². The number of amides is 1. The van der Waals surface area contributed by atoms with Crippen LogP contribution in [0, 0.1) is 11.8 Å². The van der Waals surface area contributed by atoms with E-state index in [1.165, 1.54) is 51.5 Å². The average molecular weight is 537 g/mol. The summed E-state index contributed by atoms with van der Waals surface area (Å²) in [5, 5.41) is 8.75. The minimum Gasteiger partial charge on any atom is -0.481 e. The van der Waals surface area contributed by atoms with E-state index in [9.17, 15) is 9.59 Å². The number of aliphatic carboxylic acids is 1. The van der Waals surface area contributed by atoms with Crippen LogP contribution < -0.4 is 11.5 Å². The van der Waals surface area contributed by atoms with Gasteiger partial charge in [-0.3, -0.25) is 14.5 Å². The van der Waals surface area contributed by atoms with Crippen LogP contribution in [0.4, 0.5) is 0 Å². The second-order valence-electron chi connectivity index (χ2n) is 10.5. The maximum absolute atomic E-state index is 11.9. The number of carbonyl (C=O) groups is 2. The Hall–Kier alpha value is -1.13. The normalized spacial score (nSPS) is 30.4. The molecule has 35 heavy (non-hydrogen) atoms. The van der Waals surface area contributed by atoms with E-state index < -0.39 is 24.3 Å². The number of nitrogens with two attached hydrogens (primary N) is 2. The first-order valence-electron chi connectivity index (χ1n) is 12.9. The summed E-state index contributed by atoms with van der Waals surface area (Å²) in [4.78, 5) is 31.2. The highest BCUT2D eigenvalue weighted by Crippen LogP contribution is 2.48. The summed E-state index contributed by atoms with van der Waals surface area (Å²) in [5.74, 6) is 0.222. The van der Waals surface area contributed by atoms with Gasteiger partial charge in [0.1, 0.15) is 0 Å². The van der Waals surface area contributed by atoms with Crippen LogP contribution in [-0.4, -0.2) is 83.2 Å². The van der Waals surface area contributed by atoms with Crippen LogP contribution in [0.1, 0.15) is 70.6 Å². The van der Waals surface area contributed by atoms with Gasteiger partial charge >= 0.3 is 5.97 Å². The molecule has 0 radical (unpaired) electrons. The molecule has 11 heteroatoms. The highest BCUT2D eigenvalue weighted by molar-refractivity contribution is 5.96. The summed E-state index contributed by atoms with van der Waals surface area (Å²) < 4.78 is 6.26. The molecule has 5 atom stereocenters. The molecule has 1 amide bonds. The lowest BCUT2D eigenvalue weighted by atomic mass is 9.89. The van der Waals surface area contributed by atoms with Crippen molar-refractivity contribution in [3.8, 4) is 0 Å². The van der Waals surface area contributed by atoms with Crippen molar-refractivity contribution >= 4 is 42.7 Å². The number of aliphatic imine (C=N–C) groups is 1. The van der Waals surface area contributed by atoms with Gasteiger partial charge in [-0.2, -0.15) is 4.99 Å². The van der Waals surface area contributed by atoms with E-state index >= 15 is 0 Å². The van der Waals surface area contributed by atoms with Crippen molar-refractivity contribution in [1.29, 1.82) is 0 Å². The largest absolute Gasteiger partial charge is 0.481 e. The Labute approximate surface area is 221 Å². The first-order valence-corrected chi connectivity index (χ1v) is 12.9. The number of likely N-dealkylation sites (tertiary alicyclic amines) is 2. The summed E-state index contributed by atoms with van der Waals surface area (Å²) >= 11 is 0. The summed E-state index contributed by atoms with van der Waals surface area (Å²) in [6.45, 7) is 3.41. The number of nitrogens with zero attached hydrogens (tertiary/aromatic N) is 3. The number of piperidine rings is 2. The molecule has 2 bridgehead atoms. The van der Waals surface area contributed by atoms with E-state index in [1.807, 2.05) is 4.90 Å². The summed E-state index contributed by atoms with van der Waals surface area (Å²) in [5.41, 5.74) is 11.5. The van der Waals surface area contributed by atoms with Gasteiger partial charge in [0.25, 0.3) is 5.91 Å².